The van der Waals surface area contributed by atoms with Gasteiger partial charge in [0.05, 0.1) is 11.4 Å². The lowest BCUT2D eigenvalue weighted by Crippen LogP contribution is -2.32. The minimum atomic E-state index is -3.16. The maximum absolute atomic E-state index is 11.5. The smallest absolute Gasteiger partial charge is 0.212 e. The molecule has 0 aliphatic carbocycles. The molecule has 0 aliphatic heterocycles. The molecule has 0 spiro atoms. The molecule has 1 aromatic heterocycles. The Morgan fingerprint density at radius 3 is 2.47 bits per heavy atom. The van der Waals surface area contributed by atoms with Crippen LogP contribution >= 0.6 is 0 Å². The summed E-state index contributed by atoms with van der Waals surface area (Å²) in [6, 6.07) is 0.0885. The minimum absolute atomic E-state index is 0.0868. The Hall–Kier alpha value is -0.920. The lowest BCUT2D eigenvalue weighted by Gasteiger charge is -2.15. The third kappa shape index (κ3) is 4.29. The van der Waals surface area contributed by atoms with Crippen LogP contribution in [0, 0.1) is 13.8 Å². The first-order chi connectivity index (χ1) is 8.78. The molecular weight excluding hydrogens is 264 g/mol. The highest BCUT2D eigenvalue weighted by atomic mass is 32.2. The van der Waals surface area contributed by atoms with Crippen LogP contribution < -0.4 is 10.0 Å². The molecule has 0 amide bonds. The molecule has 0 aromatic carbocycles. The number of rotatable bonds is 7. The van der Waals surface area contributed by atoms with E-state index in [2.05, 4.69) is 15.1 Å². The van der Waals surface area contributed by atoms with Crippen LogP contribution in [-0.2, 0) is 17.1 Å². The lowest BCUT2D eigenvalue weighted by atomic mass is 10.1. The molecule has 1 unspecified atom stereocenters. The first kappa shape index (κ1) is 16.1. The zero-order valence-electron chi connectivity index (χ0n) is 12.3. The molecule has 7 heteroatoms. The summed E-state index contributed by atoms with van der Waals surface area (Å²) in [4.78, 5) is 0. The molecule has 1 aromatic rings. The summed E-state index contributed by atoms with van der Waals surface area (Å²) in [6.07, 6.45) is 0. The van der Waals surface area contributed by atoms with Crippen molar-refractivity contribution in [3.63, 3.8) is 0 Å². The third-order valence-electron chi connectivity index (χ3n) is 3.18. The predicted octanol–water partition coefficient (Wildman–Crippen LogP) is 0.627. The van der Waals surface area contributed by atoms with E-state index in [1.807, 2.05) is 32.5 Å². The zero-order chi connectivity index (χ0) is 14.6. The summed E-state index contributed by atoms with van der Waals surface area (Å²) in [6.45, 7) is 8.63. The summed E-state index contributed by atoms with van der Waals surface area (Å²) < 4.78 is 27.4. The SMILES string of the molecule is CCNS(=O)(=O)CCNC(C)c1c(C)nn(C)c1C. The van der Waals surface area contributed by atoms with Gasteiger partial charge in [-0.25, -0.2) is 13.1 Å². The first-order valence-corrected chi connectivity index (χ1v) is 8.14. The topological polar surface area (TPSA) is 76.0 Å². The van der Waals surface area contributed by atoms with Crippen LogP contribution in [0.5, 0.6) is 0 Å². The number of nitrogens with one attached hydrogen (secondary N) is 2. The van der Waals surface area contributed by atoms with Gasteiger partial charge in [0, 0.05) is 37.4 Å². The average Bonchev–Trinajstić information content (AvgIpc) is 2.52. The van der Waals surface area contributed by atoms with E-state index in [1.54, 1.807) is 6.92 Å². The molecule has 0 saturated carbocycles. The molecular formula is C12H24N4O2S. The van der Waals surface area contributed by atoms with Gasteiger partial charge in [0.2, 0.25) is 10.0 Å². The van der Waals surface area contributed by atoms with E-state index in [9.17, 15) is 8.42 Å². The van der Waals surface area contributed by atoms with Gasteiger partial charge >= 0.3 is 0 Å². The summed E-state index contributed by atoms with van der Waals surface area (Å²) in [5, 5.41) is 7.60. The normalized spacial score (nSPS) is 13.7. The monoisotopic (exact) mass is 288 g/mol. The Balaban J connectivity index is 2.59. The second kappa shape index (κ2) is 6.49. The van der Waals surface area contributed by atoms with Gasteiger partial charge < -0.3 is 5.32 Å². The number of aryl methyl sites for hydroxylation is 2. The van der Waals surface area contributed by atoms with Crippen molar-refractivity contribution in [3.05, 3.63) is 17.0 Å². The highest BCUT2D eigenvalue weighted by molar-refractivity contribution is 7.89. The highest BCUT2D eigenvalue weighted by Gasteiger charge is 2.16. The summed E-state index contributed by atoms with van der Waals surface area (Å²) >= 11 is 0. The maximum atomic E-state index is 11.5. The van der Waals surface area contributed by atoms with Gasteiger partial charge in [0.25, 0.3) is 0 Å². The van der Waals surface area contributed by atoms with Gasteiger partial charge in [-0.15, -0.1) is 0 Å². The van der Waals surface area contributed by atoms with E-state index in [4.69, 9.17) is 0 Å². The third-order valence-corrected chi connectivity index (χ3v) is 4.65. The van der Waals surface area contributed by atoms with Crippen LogP contribution in [0.25, 0.3) is 0 Å². The number of aromatic nitrogens is 2. The van der Waals surface area contributed by atoms with E-state index in [0.717, 1.165) is 17.0 Å². The van der Waals surface area contributed by atoms with Crippen LogP contribution in [-0.4, -0.2) is 37.0 Å². The fourth-order valence-electron chi connectivity index (χ4n) is 2.22. The van der Waals surface area contributed by atoms with Gasteiger partial charge in [0.1, 0.15) is 0 Å². The van der Waals surface area contributed by atoms with Gasteiger partial charge in [-0.3, -0.25) is 4.68 Å². The standard InChI is InChI=1S/C12H24N4O2S/c1-6-14-19(17,18)8-7-13-9(2)12-10(3)15-16(5)11(12)4/h9,13-14H,6-8H2,1-5H3. The van der Waals surface area contributed by atoms with Gasteiger partial charge in [-0.1, -0.05) is 6.92 Å². The Labute approximate surface area is 115 Å². The summed E-state index contributed by atoms with van der Waals surface area (Å²) in [5.74, 6) is 0.0868. The van der Waals surface area contributed by atoms with Crippen molar-refractivity contribution in [1.82, 2.24) is 19.8 Å². The molecule has 1 rings (SSSR count). The first-order valence-electron chi connectivity index (χ1n) is 6.49. The number of sulfonamides is 1. The van der Waals surface area contributed by atoms with E-state index in [-0.39, 0.29) is 11.8 Å². The van der Waals surface area contributed by atoms with Crippen molar-refractivity contribution in [2.75, 3.05) is 18.8 Å². The van der Waals surface area contributed by atoms with E-state index in [1.165, 1.54) is 0 Å². The van der Waals surface area contributed by atoms with Gasteiger partial charge in [-0.2, -0.15) is 5.10 Å². The van der Waals surface area contributed by atoms with Crippen LogP contribution in [0.2, 0.25) is 0 Å². The van der Waals surface area contributed by atoms with Crippen molar-refractivity contribution in [2.24, 2.45) is 7.05 Å². The molecule has 0 bridgehead atoms. The van der Waals surface area contributed by atoms with Crippen molar-refractivity contribution in [3.8, 4) is 0 Å². The minimum Gasteiger partial charge on any atom is -0.309 e. The molecule has 1 heterocycles. The fourth-order valence-corrected chi connectivity index (χ4v) is 3.19. The number of hydrogen-bond acceptors (Lipinski definition) is 4. The van der Waals surface area contributed by atoms with Crippen molar-refractivity contribution in [2.45, 2.75) is 33.7 Å². The Bertz CT molecular complexity index is 522. The molecule has 6 nitrogen and oxygen atoms in total. The number of nitrogens with zero attached hydrogens (tertiary/aromatic N) is 2. The molecule has 19 heavy (non-hydrogen) atoms. The molecule has 110 valence electrons. The highest BCUT2D eigenvalue weighted by Crippen LogP contribution is 2.20. The van der Waals surface area contributed by atoms with Gasteiger partial charge in [-0.05, 0) is 20.8 Å². The van der Waals surface area contributed by atoms with Crippen LogP contribution in [0.1, 0.15) is 36.8 Å². The zero-order valence-corrected chi connectivity index (χ0v) is 13.1. The molecule has 2 N–H and O–H groups in total. The maximum Gasteiger partial charge on any atom is 0.212 e. The van der Waals surface area contributed by atoms with Gasteiger partial charge in [0.15, 0.2) is 0 Å². The lowest BCUT2D eigenvalue weighted by molar-refractivity contribution is 0.562. The summed E-state index contributed by atoms with van der Waals surface area (Å²) in [5.41, 5.74) is 3.23. The fraction of sp³-hybridized carbons (Fsp3) is 0.750. The van der Waals surface area contributed by atoms with Crippen LogP contribution in [0.3, 0.4) is 0 Å². The van der Waals surface area contributed by atoms with Crippen LogP contribution in [0.4, 0.5) is 0 Å². The van der Waals surface area contributed by atoms with Crippen molar-refractivity contribution in [1.29, 1.82) is 0 Å². The molecule has 0 radical (unpaired) electrons. The molecule has 1 atom stereocenters. The molecule has 0 saturated heterocycles. The predicted molar refractivity (Wildman–Crippen MR) is 76.6 cm³/mol. The van der Waals surface area contributed by atoms with E-state index in [0.29, 0.717) is 13.1 Å². The largest absolute Gasteiger partial charge is 0.309 e. The van der Waals surface area contributed by atoms with E-state index < -0.39 is 10.0 Å². The van der Waals surface area contributed by atoms with Crippen LogP contribution in [0.15, 0.2) is 0 Å². The number of hydrogen-bond donors (Lipinski definition) is 2. The quantitative estimate of drug-likeness (QED) is 0.771. The second-order valence-corrected chi connectivity index (χ2v) is 6.63. The Morgan fingerprint density at radius 1 is 1.37 bits per heavy atom. The summed E-state index contributed by atoms with van der Waals surface area (Å²) in [7, 11) is -1.25. The second-order valence-electron chi connectivity index (χ2n) is 4.70. The Kier molecular flexibility index (Phi) is 5.51. The van der Waals surface area contributed by atoms with E-state index >= 15 is 0 Å². The average molecular weight is 288 g/mol. The van der Waals surface area contributed by atoms with Crippen molar-refractivity contribution >= 4 is 10.0 Å². The Morgan fingerprint density at radius 2 is 2.00 bits per heavy atom. The van der Waals surface area contributed by atoms with Crippen molar-refractivity contribution < 1.29 is 8.42 Å². The molecule has 0 aliphatic rings. The molecule has 0 fully saturated rings.